The van der Waals surface area contributed by atoms with Crippen LogP contribution in [0.15, 0.2) is 10.9 Å². The standard InChI is InChI=1S/C10H16N3O.ClH/c1-8-6-9-2-4-13(8,5-3-9)10-11-7-14-12-10;/h7-9H,2-6H2,1H3;1H/q+1;/p-1. The minimum Gasteiger partial charge on any atom is -1.00 e. The van der Waals surface area contributed by atoms with Gasteiger partial charge in [0.15, 0.2) is 0 Å². The first-order chi connectivity index (χ1) is 6.81. The number of quaternary nitrogens is 1. The van der Waals surface area contributed by atoms with Crippen LogP contribution >= 0.6 is 0 Å². The zero-order valence-electron chi connectivity index (χ0n) is 8.90. The molecule has 4 nitrogen and oxygen atoms in total. The molecular formula is C10H16ClN3O. The molecule has 3 aliphatic heterocycles. The van der Waals surface area contributed by atoms with E-state index in [4.69, 9.17) is 4.52 Å². The summed E-state index contributed by atoms with van der Waals surface area (Å²) < 4.78 is 5.85. The summed E-state index contributed by atoms with van der Waals surface area (Å²) in [5.41, 5.74) is 0. The van der Waals surface area contributed by atoms with Gasteiger partial charge in [-0.1, -0.05) is 0 Å². The summed E-state index contributed by atoms with van der Waals surface area (Å²) in [7, 11) is 0. The summed E-state index contributed by atoms with van der Waals surface area (Å²) in [6.07, 6.45) is 5.45. The molecule has 0 spiro atoms. The smallest absolute Gasteiger partial charge is 0.365 e. The van der Waals surface area contributed by atoms with Crippen molar-refractivity contribution >= 4 is 5.95 Å². The second-order valence-electron chi connectivity index (χ2n) is 4.74. The van der Waals surface area contributed by atoms with Gasteiger partial charge in [0.1, 0.15) is 0 Å². The van der Waals surface area contributed by atoms with Gasteiger partial charge in [-0.15, -0.1) is 4.98 Å². The van der Waals surface area contributed by atoms with Crippen LogP contribution in [0.4, 0.5) is 5.95 Å². The van der Waals surface area contributed by atoms with E-state index in [9.17, 15) is 0 Å². The third-order valence-electron chi connectivity index (χ3n) is 4.14. The SMILES string of the molecule is CC1CC2CC[N+]1(c1ncon1)CC2.[Cl-]. The molecule has 3 aliphatic rings. The molecule has 1 aromatic rings. The van der Waals surface area contributed by atoms with Crippen molar-refractivity contribution in [2.45, 2.75) is 32.2 Å². The second-order valence-corrected chi connectivity index (χ2v) is 4.74. The first-order valence-corrected chi connectivity index (χ1v) is 5.45. The largest absolute Gasteiger partial charge is 1.00 e. The molecule has 15 heavy (non-hydrogen) atoms. The van der Waals surface area contributed by atoms with Crippen molar-refractivity contribution in [3.8, 4) is 0 Å². The number of aromatic nitrogens is 2. The van der Waals surface area contributed by atoms with Gasteiger partial charge in [-0.25, -0.2) is 0 Å². The van der Waals surface area contributed by atoms with Crippen molar-refractivity contribution in [2.24, 2.45) is 5.92 Å². The lowest BCUT2D eigenvalue weighted by Crippen LogP contribution is -3.00. The van der Waals surface area contributed by atoms with Crippen LogP contribution in [0.3, 0.4) is 0 Å². The molecule has 4 rings (SSSR count). The quantitative estimate of drug-likeness (QED) is 0.555. The summed E-state index contributed by atoms with van der Waals surface area (Å²) >= 11 is 0. The molecule has 0 amide bonds. The van der Waals surface area contributed by atoms with Gasteiger partial charge in [-0.2, -0.15) is 0 Å². The number of nitrogens with zero attached hydrogens (tertiary/aromatic N) is 3. The molecule has 2 bridgehead atoms. The van der Waals surface area contributed by atoms with Crippen LogP contribution in [0.2, 0.25) is 0 Å². The van der Waals surface area contributed by atoms with Crippen LogP contribution in [0.1, 0.15) is 26.2 Å². The van der Waals surface area contributed by atoms with E-state index in [-0.39, 0.29) is 12.4 Å². The highest BCUT2D eigenvalue weighted by molar-refractivity contribution is 5.26. The third-order valence-corrected chi connectivity index (χ3v) is 4.14. The normalized spacial score (nSPS) is 38.7. The predicted octanol–water partition coefficient (Wildman–Crippen LogP) is -1.42. The monoisotopic (exact) mass is 229 g/mol. The zero-order chi connectivity index (χ0) is 9.60. The van der Waals surface area contributed by atoms with Crippen LogP contribution in [0.5, 0.6) is 0 Å². The Kier molecular flexibility index (Phi) is 2.73. The van der Waals surface area contributed by atoms with Crippen molar-refractivity contribution in [1.82, 2.24) is 14.6 Å². The Balaban J connectivity index is 0.000000853. The van der Waals surface area contributed by atoms with Gasteiger partial charge in [0.25, 0.3) is 0 Å². The molecule has 84 valence electrons. The first kappa shape index (κ1) is 10.9. The molecule has 0 aliphatic carbocycles. The maximum Gasteiger partial charge on any atom is 0.365 e. The minimum atomic E-state index is 0. The maximum atomic E-state index is 4.88. The van der Waals surface area contributed by atoms with Crippen molar-refractivity contribution < 1.29 is 16.9 Å². The fraction of sp³-hybridized carbons (Fsp3) is 0.800. The fourth-order valence-corrected chi connectivity index (χ4v) is 3.20. The van der Waals surface area contributed by atoms with Gasteiger partial charge >= 0.3 is 5.95 Å². The molecule has 0 radical (unpaired) electrons. The van der Waals surface area contributed by atoms with Gasteiger partial charge in [-0.05, 0) is 12.8 Å². The van der Waals surface area contributed by atoms with Crippen LogP contribution in [-0.2, 0) is 0 Å². The van der Waals surface area contributed by atoms with Gasteiger partial charge in [0.05, 0.1) is 19.1 Å². The van der Waals surface area contributed by atoms with Crippen LogP contribution < -0.4 is 16.9 Å². The van der Waals surface area contributed by atoms with Gasteiger partial charge in [-0.3, -0.25) is 4.48 Å². The molecule has 0 saturated carbocycles. The lowest BCUT2D eigenvalue weighted by Gasteiger charge is -2.50. The molecular weight excluding hydrogens is 214 g/mol. The van der Waals surface area contributed by atoms with E-state index in [0.29, 0.717) is 6.04 Å². The van der Waals surface area contributed by atoms with Gasteiger partial charge < -0.3 is 16.9 Å². The number of piperidine rings is 3. The summed E-state index contributed by atoms with van der Waals surface area (Å²) in [5.74, 6) is 1.85. The molecule has 0 N–H and O–H groups in total. The number of rotatable bonds is 1. The molecule has 0 aromatic carbocycles. The topological polar surface area (TPSA) is 38.9 Å². The lowest BCUT2D eigenvalue weighted by atomic mass is 9.81. The van der Waals surface area contributed by atoms with E-state index in [2.05, 4.69) is 17.1 Å². The lowest BCUT2D eigenvalue weighted by molar-refractivity contribution is -0.00000366. The van der Waals surface area contributed by atoms with Crippen molar-refractivity contribution in [1.29, 1.82) is 0 Å². The summed E-state index contributed by atoms with van der Waals surface area (Å²) in [6.45, 7) is 4.72. The van der Waals surface area contributed by atoms with E-state index < -0.39 is 0 Å². The molecule has 1 atom stereocenters. The molecule has 1 unspecified atom stereocenters. The van der Waals surface area contributed by atoms with Gasteiger partial charge in [0, 0.05) is 24.4 Å². The highest BCUT2D eigenvalue weighted by Gasteiger charge is 2.49. The van der Waals surface area contributed by atoms with Gasteiger partial charge in [0.2, 0.25) is 6.39 Å². The van der Waals surface area contributed by atoms with E-state index in [1.54, 1.807) is 0 Å². The van der Waals surface area contributed by atoms with Crippen LogP contribution in [-0.4, -0.2) is 29.3 Å². The van der Waals surface area contributed by atoms with Crippen LogP contribution in [0, 0.1) is 5.92 Å². The second kappa shape index (κ2) is 3.76. The Bertz CT molecular complexity index is 319. The molecule has 3 saturated heterocycles. The van der Waals surface area contributed by atoms with Crippen molar-refractivity contribution in [3.05, 3.63) is 6.39 Å². The Hall–Kier alpha value is -0.610. The Labute approximate surface area is 95.6 Å². The number of halogens is 1. The predicted molar refractivity (Wildman–Crippen MR) is 52.6 cm³/mol. The van der Waals surface area contributed by atoms with E-state index >= 15 is 0 Å². The Morgan fingerprint density at radius 1 is 1.40 bits per heavy atom. The highest BCUT2D eigenvalue weighted by atomic mass is 35.5. The Morgan fingerprint density at radius 2 is 2.13 bits per heavy atom. The maximum absolute atomic E-state index is 4.88. The fourth-order valence-electron chi connectivity index (χ4n) is 3.20. The van der Waals surface area contributed by atoms with E-state index in [0.717, 1.165) is 16.3 Å². The van der Waals surface area contributed by atoms with Crippen molar-refractivity contribution in [2.75, 3.05) is 13.1 Å². The number of hydrogen-bond acceptors (Lipinski definition) is 3. The third kappa shape index (κ3) is 1.47. The molecule has 1 aromatic heterocycles. The van der Waals surface area contributed by atoms with Crippen LogP contribution in [0.25, 0.3) is 0 Å². The summed E-state index contributed by atoms with van der Waals surface area (Å²) in [5, 5.41) is 4.04. The minimum absolute atomic E-state index is 0. The number of fused-ring (bicyclic) bond motifs is 3. The molecule has 3 fully saturated rings. The first-order valence-electron chi connectivity index (χ1n) is 5.45. The average Bonchev–Trinajstić information content (AvgIpc) is 2.72. The molecule has 4 heterocycles. The highest BCUT2D eigenvalue weighted by Crippen LogP contribution is 2.40. The van der Waals surface area contributed by atoms with Crippen molar-refractivity contribution in [3.63, 3.8) is 0 Å². The average molecular weight is 230 g/mol. The zero-order valence-corrected chi connectivity index (χ0v) is 9.65. The summed E-state index contributed by atoms with van der Waals surface area (Å²) in [6, 6.07) is 0.667. The Morgan fingerprint density at radius 3 is 2.67 bits per heavy atom. The molecule has 5 heteroatoms. The van der Waals surface area contributed by atoms with E-state index in [1.165, 1.54) is 38.7 Å². The van der Waals surface area contributed by atoms with E-state index in [1.807, 2.05) is 0 Å². The number of hydrogen-bond donors (Lipinski definition) is 0. The summed E-state index contributed by atoms with van der Waals surface area (Å²) in [4.78, 5) is 4.25.